The molecule has 3 heteroatoms. The molecule has 1 saturated heterocycles. The molecule has 2 fully saturated rings. The van der Waals surface area contributed by atoms with E-state index in [0.29, 0.717) is 12.6 Å². The third-order valence-electron chi connectivity index (χ3n) is 3.81. The summed E-state index contributed by atoms with van der Waals surface area (Å²) < 4.78 is 5.35. The third kappa shape index (κ3) is 3.48. The molecule has 1 atom stereocenters. The average molecular weight is 225 g/mol. The molecule has 0 radical (unpaired) electrons. The molecule has 1 N–H and O–H groups in total. The van der Waals surface area contributed by atoms with E-state index in [-0.39, 0.29) is 11.9 Å². The zero-order valence-corrected chi connectivity index (χ0v) is 10.0. The molecule has 1 heterocycles. The van der Waals surface area contributed by atoms with Crippen molar-refractivity contribution in [2.45, 2.75) is 57.4 Å². The summed E-state index contributed by atoms with van der Waals surface area (Å²) in [6.45, 7) is 1.73. The highest BCUT2D eigenvalue weighted by Gasteiger charge is 2.24. The second-order valence-corrected chi connectivity index (χ2v) is 5.08. The molecule has 0 spiro atoms. The summed E-state index contributed by atoms with van der Waals surface area (Å²) in [7, 11) is 0. The molecule has 1 aliphatic heterocycles. The maximum absolute atomic E-state index is 11.6. The molecular weight excluding hydrogens is 202 g/mol. The first-order valence-corrected chi connectivity index (χ1v) is 6.76. The Morgan fingerprint density at radius 3 is 2.56 bits per heavy atom. The maximum atomic E-state index is 11.6. The Morgan fingerprint density at radius 1 is 1.12 bits per heavy atom. The fourth-order valence-corrected chi connectivity index (χ4v) is 2.75. The SMILES string of the molecule is O=C(OCC[C@H]1CCCCN1)C1CCCC1. The van der Waals surface area contributed by atoms with Crippen molar-refractivity contribution in [2.24, 2.45) is 5.92 Å². The van der Waals surface area contributed by atoms with Crippen LogP contribution >= 0.6 is 0 Å². The van der Waals surface area contributed by atoms with E-state index >= 15 is 0 Å². The molecule has 2 rings (SSSR count). The van der Waals surface area contributed by atoms with Crippen molar-refractivity contribution in [3.63, 3.8) is 0 Å². The van der Waals surface area contributed by atoms with Crippen LogP contribution in [-0.4, -0.2) is 25.2 Å². The summed E-state index contributed by atoms with van der Waals surface area (Å²) in [5.41, 5.74) is 0. The van der Waals surface area contributed by atoms with Crippen LogP contribution in [0.2, 0.25) is 0 Å². The van der Waals surface area contributed by atoms with Crippen molar-refractivity contribution in [3.05, 3.63) is 0 Å². The van der Waals surface area contributed by atoms with Gasteiger partial charge in [0.2, 0.25) is 0 Å². The Balaban J connectivity index is 1.57. The van der Waals surface area contributed by atoms with Crippen LogP contribution in [0.25, 0.3) is 0 Å². The minimum absolute atomic E-state index is 0.0494. The van der Waals surface area contributed by atoms with Crippen molar-refractivity contribution in [2.75, 3.05) is 13.2 Å². The van der Waals surface area contributed by atoms with Crippen LogP contribution in [0.1, 0.15) is 51.4 Å². The van der Waals surface area contributed by atoms with Gasteiger partial charge < -0.3 is 10.1 Å². The number of hydrogen-bond acceptors (Lipinski definition) is 3. The van der Waals surface area contributed by atoms with Gasteiger partial charge in [0.1, 0.15) is 0 Å². The van der Waals surface area contributed by atoms with E-state index in [9.17, 15) is 4.79 Å². The largest absolute Gasteiger partial charge is 0.465 e. The highest BCUT2D eigenvalue weighted by atomic mass is 16.5. The number of carbonyl (C=O) groups excluding carboxylic acids is 1. The van der Waals surface area contributed by atoms with E-state index in [1.165, 1.54) is 32.1 Å². The van der Waals surface area contributed by atoms with Gasteiger partial charge in [0, 0.05) is 6.04 Å². The molecule has 2 aliphatic rings. The Kier molecular flexibility index (Phi) is 4.64. The van der Waals surface area contributed by atoms with Crippen molar-refractivity contribution < 1.29 is 9.53 Å². The van der Waals surface area contributed by atoms with E-state index in [1.807, 2.05) is 0 Å². The number of piperidine rings is 1. The summed E-state index contributed by atoms with van der Waals surface area (Å²) in [6.07, 6.45) is 9.31. The fourth-order valence-electron chi connectivity index (χ4n) is 2.75. The van der Waals surface area contributed by atoms with Crippen LogP contribution in [0.4, 0.5) is 0 Å². The Labute approximate surface area is 97.9 Å². The summed E-state index contributed by atoms with van der Waals surface area (Å²) in [5, 5.41) is 3.47. The first-order valence-electron chi connectivity index (χ1n) is 6.76. The van der Waals surface area contributed by atoms with Gasteiger partial charge in [0.15, 0.2) is 0 Å². The predicted molar refractivity (Wildman–Crippen MR) is 63.2 cm³/mol. The normalized spacial score (nSPS) is 26.9. The molecule has 1 aliphatic carbocycles. The maximum Gasteiger partial charge on any atom is 0.308 e. The van der Waals surface area contributed by atoms with Crippen molar-refractivity contribution in [1.29, 1.82) is 0 Å². The topological polar surface area (TPSA) is 38.3 Å². The first-order chi connectivity index (χ1) is 7.86. The van der Waals surface area contributed by atoms with Crippen LogP contribution in [0.15, 0.2) is 0 Å². The van der Waals surface area contributed by atoms with Gasteiger partial charge >= 0.3 is 5.97 Å². The Hall–Kier alpha value is -0.570. The second-order valence-electron chi connectivity index (χ2n) is 5.08. The Morgan fingerprint density at radius 2 is 1.88 bits per heavy atom. The van der Waals surface area contributed by atoms with Gasteiger partial charge in [-0.25, -0.2) is 0 Å². The zero-order valence-electron chi connectivity index (χ0n) is 10.0. The molecular formula is C13H23NO2. The van der Waals surface area contributed by atoms with Gasteiger partial charge in [0.25, 0.3) is 0 Å². The van der Waals surface area contributed by atoms with Crippen molar-refractivity contribution >= 4 is 5.97 Å². The van der Waals surface area contributed by atoms with Crippen LogP contribution in [0, 0.1) is 5.92 Å². The zero-order chi connectivity index (χ0) is 11.2. The quantitative estimate of drug-likeness (QED) is 0.746. The van der Waals surface area contributed by atoms with Gasteiger partial charge in [-0.15, -0.1) is 0 Å². The molecule has 92 valence electrons. The lowest BCUT2D eigenvalue weighted by molar-refractivity contribution is -0.148. The Bertz CT molecular complexity index is 218. The van der Waals surface area contributed by atoms with E-state index in [0.717, 1.165) is 25.8 Å². The molecule has 3 nitrogen and oxygen atoms in total. The number of nitrogens with one attached hydrogen (secondary N) is 1. The standard InChI is InChI=1S/C13H23NO2/c15-13(11-5-1-2-6-11)16-10-8-12-7-3-4-9-14-12/h11-12,14H,1-10H2/t12-/m1/s1. The lowest BCUT2D eigenvalue weighted by Crippen LogP contribution is -2.35. The number of hydrogen-bond donors (Lipinski definition) is 1. The minimum atomic E-state index is 0.0494. The van der Waals surface area contributed by atoms with Gasteiger partial charge in [-0.1, -0.05) is 19.3 Å². The predicted octanol–water partition coefficient (Wildman–Crippen LogP) is 2.25. The molecule has 0 aromatic rings. The molecule has 0 amide bonds. The smallest absolute Gasteiger partial charge is 0.308 e. The lowest BCUT2D eigenvalue weighted by Gasteiger charge is -2.23. The van der Waals surface area contributed by atoms with Gasteiger partial charge in [-0.05, 0) is 38.6 Å². The fraction of sp³-hybridized carbons (Fsp3) is 0.923. The van der Waals surface area contributed by atoms with E-state index in [1.54, 1.807) is 0 Å². The minimum Gasteiger partial charge on any atom is -0.465 e. The highest BCUT2D eigenvalue weighted by molar-refractivity contribution is 5.72. The number of ether oxygens (including phenoxy) is 1. The van der Waals surface area contributed by atoms with Crippen LogP contribution in [-0.2, 0) is 9.53 Å². The summed E-state index contributed by atoms with van der Waals surface area (Å²) in [5.74, 6) is 0.257. The van der Waals surface area contributed by atoms with Crippen LogP contribution in [0.3, 0.4) is 0 Å². The number of esters is 1. The molecule has 0 aromatic carbocycles. The highest BCUT2D eigenvalue weighted by Crippen LogP contribution is 2.25. The molecule has 0 unspecified atom stereocenters. The molecule has 16 heavy (non-hydrogen) atoms. The van der Waals surface area contributed by atoms with E-state index in [4.69, 9.17) is 4.74 Å². The van der Waals surface area contributed by atoms with Crippen molar-refractivity contribution in [1.82, 2.24) is 5.32 Å². The van der Waals surface area contributed by atoms with Crippen LogP contribution < -0.4 is 5.32 Å². The molecule has 1 saturated carbocycles. The summed E-state index contributed by atoms with van der Waals surface area (Å²) >= 11 is 0. The first kappa shape index (κ1) is 11.9. The number of carbonyl (C=O) groups is 1. The summed E-state index contributed by atoms with van der Waals surface area (Å²) in [6, 6.07) is 0.574. The number of rotatable bonds is 4. The van der Waals surface area contributed by atoms with E-state index < -0.39 is 0 Å². The lowest BCUT2D eigenvalue weighted by atomic mass is 10.0. The van der Waals surface area contributed by atoms with Gasteiger partial charge in [-0.2, -0.15) is 0 Å². The van der Waals surface area contributed by atoms with Crippen LogP contribution in [0.5, 0.6) is 0 Å². The molecule has 0 bridgehead atoms. The average Bonchev–Trinajstić information content (AvgIpc) is 2.84. The third-order valence-corrected chi connectivity index (χ3v) is 3.81. The van der Waals surface area contributed by atoms with Gasteiger partial charge in [0.05, 0.1) is 12.5 Å². The molecule has 0 aromatic heterocycles. The summed E-state index contributed by atoms with van der Waals surface area (Å²) in [4.78, 5) is 11.6. The second kappa shape index (κ2) is 6.24. The van der Waals surface area contributed by atoms with Crippen molar-refractivity contribution in [3.8, 4) is 0 Å². The van der Waals surface area contributed by atoms with Gasteiger partial charge in [-0.3, -0.25) is 4.79 Å². The monoisotopic (exact) mass is 225 g/mol. The van der Waals surface area contributed by atoms with E-state index in [2.05, 4.69) is 5.32 Å².